The van der Waals surface area contributed by atoms with Gasteiger partial charge in [-0.15, -0.1) is 0 Å². The Labute approximate surface area is 107 Å². The van der Waals surface area contributed by atoms with Crippen molar-refractivity contribution in [2.75, 3.05) is 6.54 Å². The molecule has 0 aliphatic rings. The van der Waals surface area contributed by atoms with Gasteiger partial charge in [0.15, 0.2) is 0 Å². The standard InChI is InChI=1S/C12H18FNO3S/c1-8(2)11(15)7-14-18(16,17)12-5-4-10(13)6-9(12)3/h4-6,8,11,14-15H,7H2,1-3H3. The summed E-state index contributed by atoms with van der Waals surface area (Å²) in [5, 5.41) is 9.56. The van der Waals surface area contributed by atoms with E-state index in [0.717, 1.165) is 12.1 Å². The number of benzene rings is 1. The van der Waals surface area contributed by atoms with Crippen LogP contribution >= 0.6 is 0 Å². The molecule has 1 atom stereocenters. The lowest BCUT2D eigenvalue weighted by Gasteiger charge is -2.16. The SMILES string of the molecule is Cc1cc(F)ccc1S(=O)(=O)NCC(O)C(C)C. The summed E-state index contributed by atoms with van der Waals surface area (Å²) in [5.74, 6) is -0.518. The Morgan fingerprint density at radius 2 is 2.00 bits per heavy atom. The number of halogens is 1. The molecule has 1 rings (SSSR count). The number of nitrogens with one attached hydrogen (secondary N) is 1. The van der Waals surface area contributed by atoms with Crippen LogP contribution in [0.2, 0.25) is 0 Å². The molecule has 0 aromatic heterocycles. The fraction of sp³-hybridized carbons (Fsp3) is 0.500. The van der Waals surface area contributed by atoms with E-state index < -0.39 is 21.9 Å². The Balaban J connectivity index is 2.87. The van der Waals surface area contributed by atoms with Crippen LogP contribution < -0.4 is 4.72 Å². The maximum atomic E-state index is 12.9. The van der Waals surface area contributed by atoms with Crippen LogP contribution in [-0.4, -0.2) is 26.2 Å². The van der Waals surface area contributed by atoms with Gasteiger partial charge in [0, 0.05) is 6.54 Å². The third kappa shape index (κ3) is 3.76. The first kappa shape index (κ1) is 15.1. The quantitative estimate of drug-likeness (QED) is 0.854. The maximum Gasteiger partial charge on any atom is 0.240 e. The van der Waals surface area contributed by atoms with Crippen LogP contribution in [0.15, 0.2) is 23.1 Å². The van der Waals surface area contributed by atoms with Gasteiger partial charge >= 0.3 is 0 Å². The number of aliphatic hydroxyl groups excluding tert-OH is 1. The summed E-state index contributed by atoms with van der Waals surface area (Å²) in [6.07, 6.45) is -0.750. The maximum absolute atomic E-state index is 12.9. The second-order valence-electron chi connectivity index (χ2n) is 4.57. The van der Waals surface area contributed by atoms with Gasteiger partial charge in [0.1, 0.15) is 5.82 Å². The Morgan fingerprint density at radius 3 is 2.50 bits per heavy atom. The highest BCUT2D eigenvalue weighted by Gasteiger charge is 2.19. The Hall–Kier alpha value is -0.980. The largest absolute Gasteiger partial charge is 0.391 e. The highest BCUT2D eigenvalue weighted by Crippen LogP contribution is 2.16. The van der Waals surface area contributed by atoms with Crippen molar-refractivity contribution < 1.29 is 17.9 Å². The average Bonchev–Trinajstić information content (AvgIpc) is 2.25. The molecule has 18 heavy (non-hydrogen) atoms. The third-order valence-corrected chi connectivity index (χ3v) is 4.26. The second kappa shape index (κ2) is 5.77. The minimum absolute atomic E-state index is 0.0276. The van der Waals surface area contributed by atoms with E-state index in [2.05, 4.69) is 4.72 Å². The van der Waals surface area contributed by atoms with Crippen LogP contribution in [0.4, 0.5) is 4.39 Å². The number of sulfonamides is 1. The number of aryl methyl sites for hydroxylation is 1. The molecular formula is C12H18FNO3S. The Kier molecular flexibility index (Phi) is 4.84. The summed E-state index contributed by atoms with van der Waals surface area (Å²) >= 11 is 0. The molecule has 1 aromatic carbocycles. The first-order valence-corrected chi connectivity index (χ1v) is 7.16. The lowest BCUT2D eigenvalue weighted by molar-refractivity contribution is 0.129. The molecule has 0 amide bonds. The van der Waals surface area contributed by atoms with E-state index in [-0.39, 0.29) is 17.4 Å². The molecule has 0 spiro atoms. The van der Waals surface area contributed by atoms with Crippen molar-refractivity contribution in [3.05, 3.63) is 29.6 Å². The van der Waals surface area contributed by atoms with Gasteiger partial charge in [-0.1, -0.05) is 13.8 Å². The zero-order valence-electron chi connectivity index (χ0n) is 10.6. The number of aliphatic hydroxyl groups is 1. The molecule has 4 nitrogen and oxygen atoms in total. The number of hydrogen-bond acceptors (Lipinski definition) is 3. The highest BCUT2D eigenvalue weighted by atomic mass is 32.2. The molecule has 2 N–H and O–H groups in total. The van der Waals surface area contributed by atoms with Crippen LogP contribution in [0.5, 0.6) is 0 Å². The van der Waals surface area contributed by atoms with Gasteiger partial charge in [0.25, 0.3) is 0 Å². The van der Waals surface area contributed by atoms with Gasteiger partial charge in [0.2, 0.25) is 10.0 Å². The zero-order chi connectivity index (χ0) is 13.9. The Bertz CT molecular complexity index is 514. The van der Waals surface area contributed by atoms with E-state index in [1.807, 2.05) is 0 Å². The lowest BCUT2D eigenvalue weighted by Crippen LogP contribution is -2.35. The molecule has 1 unspecified atom stereocenters. The summed E-state index contributed by atoms with van der Waals surface area (Å²) in [5.41, 5.74) is 0.335. The van der Waals surface area contributed by atoms with Crippen LogP contribution in [0.1, 0.15) is 19.4 Å². The van der Waals surface area contributed by atoms with Crippen molar-refractivity contribution in [1.82, 2.24) is 4.72 Å². The molecule has 6 heteroatoms. The van der Waals surface area contributed by atoms with E-state index in [9.17, 15) is 17.9 Å². The molecule has 0 saturated carbocycles. The fourth-order valence-electron chi connectivity index (χ4n) is 1.42. The predicted molar refractivity (Wildman–Crippen MR) is 67.2 cm³/mol. The first-order valence-electron chi connectivity index (χ1n) is 5.68. The molecule has 0 aliphatic heterocycles. The molecule has 0 radical (unpaired) electrons. The summed E-state index contributed by atoms with van der Waals surface area (Å²) in [6.45, 7) is 5.05. The summed E-state index contributed by atoms with van der Waals surface area (Å²) < 4.78 is 39.1. The Morgan fingerprint density at radius 1 is 1.39 bits per heavy atom. The van der Waals surface area contributed by atoms with Crippen molar-refractivity contribution in [2.45, 2.75) is 31.8 Å². The lowest BCUT2D eigenvalue weighted by atomic mass is 10.1. The highest BCUT2D eigenvalue weighted by molar-refractivity contribution is 7.89. The van der Waals surface area contributed by atoms with Crippen LogP contribution in [0.25, 0.3) is 0 Å². The molecular weight excluding hydrogens is 257 g/mol. The molecule has 0 heterocycles. The second-order valence-corrected chi connectivity index (χ2v) is 6.31. The predicted octanol–water partition coefficient (Wildman–Crippen LogP) is 1.43. The van der Waals surface area contributed by atoms with Crippen molar-refractivity contribution >= 4 is 10.0 Å². The first-order chi connectivity index (χ1) is 8.24. The van der Waals surface area contributed by atoms with Gasteiger partial charge in [0.05, 0.1) is 11.0 Å². The van der Waals surface area contributed by atoms with Crippen LogP contribution in [0, 0.1) is 18.7 Å². The topological polar surface area (TPSA) is 66.4 Å². The monoisotopic (exact) mass is 275 g/mol. The van der Waals surface area contributed by atoms with Crippen LogP contribution in [0.3, 0.4) is 0 Å². The number of hydrogen-bond donors (Lipinski definition) is 2. The number of rotatable bonds is 5. The molecule has 0 bridgehead atoms. The molecule has 1 aromatic rings. The van der Waals surface area contributed by atoms with E-state index in [0.29, 0.717) is 5.56 Å². The smallest absolute Gasteiger partial charge is 0.240 e. The average molecular weight is 275 g/mol. The van der Waals surface area contributed by atoms with E-state index in [1.54, 1.807) is 13.8 Å². The minimum atomic E-state index is -3.71. The van der Waals surface area contributed by atoms with Gasteiger partial charge in [-0.3, -0.25) is 0 Å². The van der Waals surface area contributed by atoms with Crippen molar-refractivity contribution in [1.29, 1.82) is 0 Å². The van der Waals surface area contributed by atoms with Gasteiger partial charge in [-0.2, -0.15) is 0 Å². The zero-order valence-corrected chi connectivity index (χ0v) is 11.5. The van der Waals surface area contributed by atoms with Gasteiger partial charge < -0.3 is 5.11 Å². The van der Waals surface area contributed by atoms with Crippen molar-refractivity contribution in [3.8, 4) is 0 Å². The fourth-order valence-corrected chi connectivity index (χ4v) is 2.70. The van der Waals surface area contributed by atoms with Crippen molar-refractivity contribution in [2.24, 2.45) is 5.92 Å². The molecule has 102 valence electrons. The van der Waals surface area contributed by atoms with Crippen LogP contribution in [-0.2, 0) is 10.0 Å². The summed E-state index contributed by atoms with van der Waals surface area (Å²) in [7, 11) is -3.71. The van der Waals surface area contributed by atoms with E-state index in [1.165, 1.54) is 13.0 Å². The molecule has 0 aliphatic carbocycles. The molecule has 0 saturated heterocycles. The van der Waals surface area contributed by atoms with Gasteiger partial charge in [-0.05, 0) is 36.6 Å². The van der Waals surface area contributed by atoms with E-state index >= 15 is 0 Å². The summed E-state index contributed by atoms with van der Waals surface area (Å²) in [6, 6.07) is 3.47. The minimum Gasteiger partial charge on any atom is -0.391 e. The third-order valence-electron chi connectivity index (χ3n) is 2.68. The summed E-state index contributed by atoms with van der Waals surface area (Å²) in [4.78, 5) is 0.0276. The molecule has 0 fully saturated rings. The van der Waals surface area contributed by atoms with Gasteiger partial charge in [-0.25, -0.2) is 17.5 Å². The van der Waals surface area contributed by atoms with Crippen molar-refractivity contribution in [3.63, 3.8) is 0 Å². The van der Waals surface area contributed by atoms with E-state index in [4.69, 9.17) is 0 Å². The normalized spacial score (nSPS) is 13.9.